The Morgan fingerprint density at radius 1 is 0.792 bits per heavy atom. The highest BCUT2D eigenvalue weighted by molar-refractivity contribution is 6.03. The molecule has 4 heterocycles. The summed E-state index contributed by atoms with van der Waals surface area (Å²) in [6.07, 6.45) is 9.38. The van der Waals surface area contributed by atoms with E-state index in [1.807, 2.05) is 12.1 Å². The van der Waals surface area contributed by atoms with E-state index in [0.717, 1.165) is 11.1 Å². The van der Waals surface area contributed by atoms with Crippen LogP contribution in [0.3, 0.4) is 0 Å². The summed E-state index contributed by atoms with van der Waals surface area (Å²) in [6.45, 7) is 0. The summed E-state index contributed by atoms with van der Waals surface area (Å²) in [7, 11) is 0. The lowest BCUT2D eigenvalue weighted by atomic mass is 10.2. The maximum absolute atomic E-state index is 12.4. The molecule has 0 fully saturated rings. The number of rotatable bonds is 4. The molecule has 4 aromatic heterocycles. The van der Waals surface area contributed by atoms with Gasteiger partial charge in [-0.25, -0.2) is 9.97 Å². The van der Waals surface area contributed by atoms with E-state index in [2.05, 4.69) is 19.9 Å². The van der Waals surface area contributed by atoms with Crippen LogP contribution in [0.4, 0.5) is 0 Å². The third-order valence-corrected chi connectivity index (χ3v) is 3.31. The molecule has 7 heteroatoms. The zero-order chi connectivity index (χ0) is 16.4. The van der Waals surface area contributed by atoms with Crippen LogP contribution in [0.5, 0.6) is 0 Å². The molecule has 0 bridgehead atoms. The van der Waals surface area contributed by atoms with Crippen molar-refractivity contribution in [2.45, 2.75) is 0 Å². The standard InChI is InChI=1S/C17H10N4O3/c22-15(16-20-13(9-23-16)11-3-1-5-18-7-11)17-21-14(10-24-17)12-4-2-6-19-8-12/h1-10H. The molecule has 0 aliphatic carbocycles. The van der Waals surface area contributed by atoms with Gasteiger partial charge in [-0.15, -0.1) is 0 Å². The largest absolute Gasteiger partial charge is 0.441 e. The minimum Gasteiger partial charge on any atom is -0.441 e. The van der Waals surface area contributed by atoms with Crippen LogP contribution in [0.15, 0.2) is 70.4 Å². The molecule has 4 rings (SSSR count). The van der Waals surface area contributed by atoms with E-state index in [1.165, 1.54) is 12.5 Å². The van der Waals surface area contributed by atoms with Crippen molar-refractivity contribution in [3.8, 4) is 22.5 Å². The second-order valence-corrected chi connectivity index (χ2v) is 4.89. The molecule has 0 amide bonds. The quantitative estimate of drug-likeness (QED) is 0.534. The molecule has 0 saturated carbocycles. The van der Waals surface area contributed by atoms with E-state index >= 15 is 0 Å². The van der Waals surface area contributed by atoms with Crippen LogP contribution in [0, 0.1) is 0 Å². The van der Waals surface area contributed by atoms with Crippen molar-refractivity contribution in [3.63, 3.8) is 0 Å². The SMILES string of the molecule is O=C(c1nc(-c2cccnc2)co1)c1nc(-c2cccnc2)co1. The molecule has 0 radical (unpaired) electrons. The van der Waals surface area contributed by atoms with Gasteiger partial charge in [-0.3, -0.25) is 14.8 Å². The first-order chi connectivity index (χ1) is 11.8. The summed E-state index contributed by atoms with van der Waals surface area (Å²) >= 11 is 0. The first-order valence-electron chi connectivity index (χ1n) is 7.08. The smallest absolute Gasteiger partial charge is 0.302 e. The zero-order valence-electron chi connectivity index (χ0n) is 12.3. The number of carbonyl (C=O) groups is 1. The molecule has 7 nitrogen and oxygen atoms in total. The molecule has 0 unspecified atom stereocenters. The average Bonchev–Trinajstić information content (AvgIpc) is 3.33. The number of oxazole rings is 2. The first kappa shape index (κ1) is 14.0. The van der Waals surface area contributed by atoms with Crippen LogP contribution in [-0.4, -0.2) is 25.7 Å². The number of nitrogens with zero attached hydrogens (tertiary/aromatic N) is 4. The van der Waals surface area contributed by atoms with Crippen molar-refractivity contribution >= 4 is 5.78 Å². The predicted octanol–water partition coefficient (Wildman–Crippen LogP) is 3.02. The van der Waals surface area contributed by atoms with Crippen molar-refractivity contribution < 1.29 is 13.6 Å². The Hall–Kier alpha value is -3.61. The Kier molecular flexibility index (Phi) is 3.43. The van der Waals surface area contributed by atoms with E-state index in [0.29, 0.717) is 11.4 Å². The molecule has 0 aromatic carbocycles. The molecule has 0 saturated heterocycles. The molecule has 0 N–H and O–H groups in total. The van der Waals surface area contributed by atoms with Gasteiger partial charge in [0, 0.05) is 35.9 Å². The molecule has 0 spiro atoms. The third kappa shape index (κ3) is 2.58. The Morgan fingerprint density at radius 3 is 1.71 bits per heavy atom. The predicted molar refractivity (Wildman–Crippen MR) is 82.9 cm³/mol. The summed E-state index contributed by atoms with van der Waals surface area (Å²) in [5.41, 5.74) is 2.54. The topological polar surface area (TPSA) is 94.9 Å². The van der Waals surface area contributed by atoms with Crippen molar-refractivity contribution in [3.05, 3.63) is 73.4 Å². The van der Waals surface area contributed by atoms with Gasteiger partial charge in [0.05, 0.1) is 0 Å². The molecule has 0 aliphatic rings. The average molecular weight is 318 g/mol. The molecular weight excluding hydrogens is 308 g/mol. The van der Waals surface area contributed by atoms with Gasteiger partial charge < -0.3 is 8.83 Å². The van der Waals surface area contributed by atoms with Gasteiger partial charge in [0.25, 0.3) is 11.8 Å². The van der Waals surface area contributed by atoms with Crippen LogP contribution in [0.2, 0.25) is 0 Å². The van der Waals surface area contributed by atoms with Gasteiger partial charge in [0.2, 0.25) is 0 Å². The lowest BCUT2D eigenvalue weighted by Crippen LogP contribution is -2.02. The monoisotopic (exact) mass is 318 g/mol. The Labute approximate surface area is 136 Å². The summed E-state index contributed by atoms with van der Waals surface area (Å²) in [5, 5.41) is 0. The second-order valence-electron chi connectivity index (χ2n) is 4.89. The normalized spacial score (nSPS) is 10.7. The number of hydrogen-bond acceptors (Lipinski definition) is 7. The number of hydrogen-bond donors (Lipinski definition) is 0. The number of pyridine rings is 2. The maximum Gasteiger partial charge on any atom is 0.302 e. The number of carbonyl (C=O) groups excluding carboxylic acids is 1. The fraction of sp³-hybridized carbons (Fsp3) is 0. The number of ketones is 1. The lowest BCUT2D eigenvalue weighted by molar-refractivity contribution is 0.0970. The van der Waals surface area contributed by atoms with Gasteiger partial charge in [-0.05, 0) is 24.3 Å². The summed E-state index contributed by atoms with van der Waals surface area (Å²) in [6, 6.07) is 7.20. The third-order valence-electron chi connectivity index (χ3n) is 3.31. The minimum atomic E-state index is -0.528. The van der Waals surface area contributed by atoms with Crippen LogP contribution >= 0.6 is 0 Å². The number of aromatic nitrogens is 4. The maximum atomic E-state index is 12.4. The molecule has 0 aliphatic heterocycles. The Bertz CT molecular complexity index is 898. The van der Waals surface area contributed by atoms with Crippen LogP contribution in [-0.2, 0) is 0 Å². The van der Waals surface area contributed by atoms with Crippen LogP contribution in [0.1, 0.15) is 16.6 Å². The zero-order valence-corrected chi connectivity index (χ0v) is 12.3. The van der Waals surface area contributed by atoms with E-state index in [1.54, 1.807) is 36.9 Å². The Balaban J connectivity index is 1.61. The fourth-order valence-corrected chi connectivity index (χ4v) is 2.14. The van der Waals surface area contributed by atoms with Gasteiger partial charge in [-0.1, -0.05) is 0 Å². The highest BCUT2D eigenvalue weighted by Gasteiger charge is 2.22. The molecular formula is C17H10N4O3. The minimum absolute atomic E-state index is 0.0894. The van der Waals surface area contributed by atoms with Crippen LogP contribution in [0.25, 0.3) is 22.5 Å². The van der Waals surface area contributed by atoms with Crippen molar-refractivity contribution in [2.24, 2.45) is 0 Å². The molecule has 0 atom stereocenters. The summed E-state index contributed by atoms with van der Waals surface area (Å²) in [5.74, 6) is -0.706. The Morgan fingerprint density at radius 2 is 1.29 bits per heavy atom. The molecule has 4 aromatic rings. The van der Waals surface area contributed by atoms with E-state index in [4.69, 9.17) is 8.83 Å². The second kappa shape index (κ2) is 5.88. The van der Waals surface area contributed by atoms with Gasteiger partial charge in [0.15, 0.2) is 0 Å². The summed E-state index contributed by atoms with van der Waals surface area (Å²) < 4.78 is 10.5. The van der Waals surface area contributed by atoms with E-state index < -0.39 is 5.78 Å². The first-order valence-corrected chi connectivity index (χ1v) is 7.08. The van der Waals surface area contributed by atoms with Crippen molar-refractivity contribution in [1.82, 2.24) is 19.9 Å². The summed E-state index contributed by atoms with van der Waals surface area (Å²) in [4.78, 5) is 28.7. The van der Waals surface area contributed by atoms with Crippen LogP contribution < -0.4 is 0 Å². The van der Waals surface area contributed by atoms with E-state index in [-0.39, 0.29) is 11.8 Å². The van der Waals surface area contributed by atoms with Gasteiger partial charge in [0.1, 0.15) is 23.9 Å². The molecule has 116 valence electrons. The molecule has 24 heavy (non-hydrogen) atoms. The highest BCUT2D eigenvalue weighted by atomic mass is 16.4. The van der Waals surface area contributed by atoms with Crippen molar-refractivity contribution in [2.75, 3.05) is 0 Å². The van der Waals surface area contributed by atoms with Gasteiger partial charge in [-0.2, -0.15) is 0 Å². The fourth-order valence-electron chi connectivity index (χ4n) is 2.14. The lowest BCUT2D eigenvalue weighted by Gasteiger charge is -1.92. The van der Waals surface area contributed by atoms with Crippen molar-refractivity contribution in [1.29, 1.82) is 0 Å². The van der Waals surface area contributed by atoms with E-state index in [9.17, 15) is 4.79 Å². The highest BCUT2D eigenvalue weighted by Crippen LogP contribution is 2.21. The van der Waals surface area contributed by atoms with Gasteiger partial charge >= 0.3 is 5.78 Å².